The van der Waals surface area contributed by atoms with Gasteiger partial charge in [-0.3, -0.25) is 4.79 Å². The van der Waals surface area contributed by atoms with Gasteiger partial charge in [0.15, 0.2) is 6.10 Å². The van der Waals surface area contributed by atoms with Gasteiger partial charge in [-0.05, 0) is 51.6 Å². The first-order valence-electron chi connectivity index (χ1n) is 8.46. The Balaban J connectivity index is 1.62. The monoisotopic (exact) mass is 319 g/mol. The van der Waals surface area contributed by atoms with E-state index in [0.717, 1.165) is 50.5 Å². The highest BCUT2D eigenvalue weighted by Crippen LogP contribution is 2.14. The average Bonchev–Trinajstić information content (AvgIpc) is 2.53. The summed E-state index contributed by atoms with van der Waals surface area (Å²) >= 11 is 0. The first-order chi connectivity index (χ1) is 11.0. The standard InChI is InChI=1S/C18H29N3O2/c1-15-6-4-7-17(14-15)23-16(2)18(22)19-8-5-9-21-12-10-20(3)11-13-21/h4,6-7,14,16H,5,8-13H2,1-3H3,(H,19,22). The Morgan fingerprint density at radius 3 is 2.74 bits per heavy atom. The van der Waals surface area contributed by atoms with E-state index in [0.29, 0.717) is 6.54 Å². The van der Waals surface area contributed by atoms with Gasteiger partial charge in [0.25, 0.3) is 5.91 Å². The van der Waals surface area contributed by atoms with E-state index in [1.807, 2.05) is 31.2 Å². The quantitative estimate of drug-likeness (QED) is 0.774. The van der Waals surface area contributed by atoms with Crippen LogP contribution in [-0.2, 0) is 4.79 Å². The van der Waals surface area contributed by atoms with Crippen LogP contribution in [0.5, 0.6) is 5.75 Å². The second-order valence-corrected chi connectivity index (χ2v) is 6.37. The minimum Gasteiger partial charge on any atom is -0.481 e. The van der Waals surface area contributed by atoms with Gasteiger partial charge in [-0.15, -0.1) is 0 Å². The summed E-state index contributed by atoms with van der Waals surface area (Å²) in [7, 11) is 2.16. The maximum Gasteiger partial charge on any atom is 0.260 e. The zero-order valence-corrected chi connectivity index (χ0v) is 14.5. The SMILES string of the molecule is Cc1cccc(OC(C)C(=O)NCCCN2CCN(C)CC2)c1. The van der Waals surface area contributed by atoms with E-state index in [2.05, 4.69) is 22.2 Å². The lowest BCUT2D eigenvalue weighted by Gasteiger charge is -2.32. The smallest absolute Gasteiger partial charge is 0.260 e. The molecule has 1 heterocycles. The fourth-order valence-electron chi connectivity index (χ4n) is 2.68. The van der Waals surface area contributed by atoms with Crippen LogP contribution in [0.3, 0.4) is 0 Å². The molecule has 0 bridgehead atoms. The van der Waals surface area contributed by atoms with Crippen molar-refractivity contribution >= 4 is 5.91 Å². The van der Waals surface area contributed by atoms with E-state index in [9.17, 15) is 4.79 Å². The molecule has 0 aliphatic carbocycles. The van der Waals surface area contributed by atoms with E-state index in [1.165, 1.54) is 0 Å². The summed E-state index contributed by atoms with van der Waals surface area (Å²) in [6, 6.07) is 7.77. The molecule has 0 spiro atoms. The summed E-state index contributed by atoms with van der Waals surface area (Å²) in [5.74, 6) is 0.690. The predicted octanol–water partition coefficient (Wildman–Crippen LogP) is 1.52. The van der Waals surface area contributed by atoms with Crippen LogP contribution in [0.1, 0.15) is 18.9 Å². The number of hydrogen-bond acceptors (Lipinski definition) is 4. The second kappa shape index (κ2) is 8.89. The van der Waals surface area contributed by atoms with Crippen LogP contribution in [0.15, 0.2) is 24.3 Å². The molecule has 1 saturated heterocycles. The Labute approximate surface area is 139 Å². The summed E-state index contributed by atoms with van der Waals surface area (Å²) in [4.78, 5) is 16.9. The van der Waals surface area contributed by atoms with Gasteiger partial charge in [0, 0.05) is 32.7 Å². The molecular weight excluding hydrogens is 290 g/mol. The molecule has 23 heavy (non-hydrogen) atoms. The maximum absolute atomic E-state index is 12.1. The van der Waals surface area contributed by atoms with Crippen molar-refractivity contribution in [2.75, 3.05) is 46.3 Å². The van der Waals surface area contributed by atoms with Crippen LogP contribution in [0.25, 0.3) is 0 Å². The number of benzene rings is 1. The fraction of sp³-hybridized carbons (Fsp3) is 0.611. The molecule has 128 valence electrons. The van der Waals surface area contributed by atoms with Gasteiger partial charge in [0.1, 0.15) is 5.75 Å². The molecule has 0 radical (unpaired) electrons. The van der Waals surface area contributed by atoms with Gasteiger partial charge in [-0.1, -0.05) is 12.1 Å². The Bertz CT molecular complexity index is 499. The van der Waals surface area contributed by atoms with Crippen molar-refractivity contribution in [2.45, 2.75) is 26.4 Å². The molecule has 1 N–H and O–H groups in total. The third-order valence-corrected chi connectivity index (χ3v) is 4.22. The number of nitrogens with zero attached hydrogens (tertiary/aromatic N) is 2. The average molecular weight is 319 g/mol. The molecule has 1 aromatic rings. The summed E-state index contributed by atoms with van der Waals surface area (Å²) in [6.07, 6.45) is 0.507. The van der Waals surface area contributed by atoms with E-state index >= 15 is 0 Å². The number of hydrogen-bond donors (Lipinski definition) is 1. The lowest BCUT2D eigenvalue weighted by atomic mass is 10.2. The number of likely N-dealkylation sites (N-methyl/N-ethyl adjacent to an activating group) is 1. The fourth-order valence-corrected chi connectivity index (χ4v) is 2.68. The van der Waals surface area contributed by atoms with Crippen molar-refractivity contribution in [3.63, 3.8) is 0 Å². The molecular formula is C18H29N3O2. The van der Waals surface area contributed by atoms with Crippen molar-refractivity contribution in [2.24, 2.45) is 0 Å². The molecule has 1 atom stereocenters. The van der Waals surface area contributed by atoms with Gasteiger partial charge in [-0.25, -0.2) is 0 Å². The number of aryl methyl sites for hydroxylation is 1. The summed E-state index contributed by atoms with van der Waals surface area (Å²) < 4.78 is 5.69. The molecule has 2 rings (SSSR count). The van der Waals surface area contributed by atoms with Gasteiger partial charge >= 0.3 is 0 Å². The van der Waals surface area contributed by atoms with Crippen LogP contribution in [0.2, 0.25) is 0 Å². The first kappa shape index (κ1) is 17.8. The minimum absolute atomic E-state index is 0.0510. The van der Waals surface area contributed by atoms with Crippen molar-refractivity contribution in [1.29, 1.82) is 0 Å². The van der Waals surface area contributed by atoms with E-state index in [4.69, 9.17) is 4.74 Å². The number of carbonyl (C=O) groups excluding carboxylic acids is 1. The van der Waals surface area contributed by atoms with Gasteiger partial charge < -0.3 is 19.9 Å². The molecule has 5 heteroatoms. The zero-order valence-electron chi connectivity index (χ0n) is 14.5. The molecule has 1 aromatic carbocycles. The molecule has 0 aromatic heterocycles. The molecule has 1 fully saturated rings. The lowest BCUT2D eigenvalue weighted by molar-refractivity contribution is -0.127. The van der Waals surface area contributed by atoms with E-state index < -0.39 is 6.10 Å². The van der Waals surface area contributed by atoms with Crippen LogP contribution in [0.4, 0.5) is 0 Å². The number of carbonyl (C=O) groups is 1. The van der Waals surface area contributed by atoms with Crippen molar-refractivity contribution < 1.29 is 9.53 Å². The summed E-state index contributed by atoms with van der Waals surface area (Å²) in [5, 5.41) is 2.96. The highest BCUT2D eigenvalue weighted by atomic mass is 16.5. The molecule has 1 aliphatic heterocycles. The van der Waals surface area contributed by atoms with Crippen LogP contribution in [-0.4, -0.2) is 68.1 Å². The number of piperazine rings is 1. The molecule has 1 aliphatic rings. The van der Waals surface area contributed by atoms with Crippen LogP contribution in [0, 0.1) is 6.92 Å². The van der Waals surface area contributed by atoms with Crippen LogP contribution < -0.4 is 10.1 Å². The molecule has 1 unspecified atom stereocenters. The highest BCUT2D eigenvalue weighted by Gasteiger charge is 2.15. The topological polar surface area (TPSA) is 44.8 Å². The van der Waals surface area contributed by atoms with Gasteiger partial charge in [0.2, 0.25) is 0 Å². The van der Waals surface area contributed by atoms with Gasteiger partial charge in [-0.2, -0.15) is 0 Å². The second-order valence-electron chi connectivity index (χ2n) is 6.37. The predicted molar refractivity (Wildman–Crippen MR) is 92.8 cm³/mol. The number of nitrogens with one attached hydrogen (secondary N) is 1. The Morgan fingerprint density at radius 2 is 2.04 bits per heavy atom. The Kier molecular flexibility index (Phi) is 6.86. The number of rotatable bonds is 7. The van der Waals surface area contributed by atoms with Gasteiger partial charge in [0.05, 0.1) is 0 Å². The van der Waals surface area contributed by atoms with Crippen molar-refractivity contribution in [3.8, 4) is 5.75 Å². The minimum atomic E-state index is -0.472. The first-order valence-corrected chi connectivity index (χ1v) is 8.46. The largest absolute Gasteiger partial charge is 0.481 e. The maximum atomic E-state index is 12.1. The van der Waals surface area contributed by atoms with Crippen molar-refractivity contribution in [1.82, 2.24) is 15.1 Å². The van der Waals surface area contributed by atoms with E-state index in [1.54, 1.807) is 6.92 Å². The molecule has 5 nitrogen and oxygen atoms in total. The molecule has 1 amide bonds. The summed E-state index contributed by atoms with van der Waals surface area (Å²) in [6.45, 7) is 10.1. The Hall–Kier alpha value is -1.59. The summed E-state index contributed by atoms with van der Waals surface area (Å²) in [5.41, 5.74) is 1.13. The van der Waals surface area contributed by atoms with E-state index in [-0.39, 0.29) is 5.91 Å². The lowest BCUT2D eigenvalue weighted by Crippen LogP contribution is -2.45. The zero-order chi connectivity index (χ0) is 16.7. The third kappa shape index (κ3) is 6.20. The number of ether oxygens (including phenoxy) is 1. The molecule has 0 saturated carbocycles. The third-order valence-electron chi connectivity index (χ3n) is 4.22. The number of amides is 1. The Morgan fingerprint density at radius 1 is 1.30 bits per heavy atom. The highest BCUT2D eigenvalue weighted by molar-refractivity contribution is 5.80. The van der Waals surface area contributed by atoms with Crippen LogP contribution >= 0.6 is 0 Å². The van der Waals surface area contributed by atoms with Crippen molar-refractivity contribution in [3.05, 3.63) is 29.8 Å². The normalized spacial score (nSPS) is 17.7.